The Morgan fingerprint density at radius 3 is 3.13 bits per heavy atom. The first-order chi connectivity index (χ1) is 7.40. The van der Waals surface area contributed by atoms with Crippen LogP contribution < -0.4 is 10.1 Å². The Labute approximate surface area is 88.1 Å². The summed E-state index contributed by atoms with van der Waals surface area (Å²) in [6, 6.07) is 6.10. The quantitative estimate of drug-likeness (QED) is 0.766. The molecular weight excluding hydrogens is 188 g/mol. The number of benzene rings is 1. The number of hydrogen-bond donors (Lipinski definition) is 1. The van der Waals surface area contributed by atoms with Gasteiger partial charge in [0.05, 0.1) is 17.8 Å². The minimum atomic E-state index is 0.769. The van der Waals surface area contributed by atoms with Gasteiger partial charge in [0.1, 0.15) is 5.75 Å². The van der Waals surface area contributed by atoms with Crippen molar-refractivity contribution in [2.75, 3.05) is 19.0 Å². The number of nitrogens with zero attached hydrogens (tertiary/aromatic N) is 1. The maximum Gasteiger partial charge on any atom is 0.129 e. The molecule has 1 aliphatic rings. The lowest BCUT2D eigenvalue weighted by atomic mass is 10.0. The summed E-state index contributed by atoms with van der Waals surface area (Å²) in [5, 5.41) is 4.32. The third kappa shape index (κ3) is 1.16. The molecular formula is C12H12N2O. The molecule has 3 nitrogen and oxygen atoms in total. The molecule has 0 amide bonds. The van der Waals surface area contributed by atoms with Crippen LogP contribution in [0.25, 0.3) is 10.9 Å². The summed E-state index contributed by atoms with van der Waals surface area (Å²) in [5.74, 6) is 0.957. The van der Waals surface area contributed by atoms with Crippen LogP contribution in [0, 0.1) is 0 Å². The Balaban J connectivity index is 2.43. The smallest absolute Gasteiger partial charge is 0.129 e. The molecule has 0 spiro atoms. The number of hydrogen-bond acceptors (Lipinski definition) is 3. The molecule has 2 heterocycles. The van der Waals surface area contributed by atoms with E-state index in [0.29, 0.717) is 0 Å². The number of pyridine rings is 1. The summed E-state index contributed by atoms with van der Waals surface area (Å²) in [6.07, 6.45) is 2.84. The van der Waals surface area contributed by atoms with Crippen molar-refractivity contribution in [1.29, 1.82) is 0 Å². The fourth-order valence-corrected chi connectivity index (χ4v) is 2.10. The Bertz CT molecular complexity index is 512. The van der Waals surface area contributed by atoms with E-state index in [0.717, 1.165) is 35.4 Å². The summed E-state index contributed by atoms with van der Waals surface area (Å²) in [6.45, 7) is 0.769. The molecule has 0 saturated heterocycles. The van der Waals surface area contributed by atoms with Gasteiger partial charge in [-0.2, -0.15) is 0 Å². The van der Waals surface area contributed by atoms with Gasteiger partial charge in [-0.3, -0.25) is 4.98 Å². The average molecular weight is 200 g/mol. The lowest BCUT2D eigenvalue weighted by Gasteiger charge is -2.19. The fraction of sp³-hybridized carbons (Fsp3) is 0.250. The third-order valence-corrected chi connectivity index (χ3v) is 2.84. The minimum Gasteiger partial charge on any atom is -0.493 e. The molecule has 0 atom stereocenters. The lowest BCUT2D eigenvalue weighted by Crippen LogP contribution is -2.09. The van der Waals surface area contributed by atoms with Crippen molar-refractivity contribution in [3.05, 3.63) is 30.0 Å². The second-order valence-corrected chi connectivity index (χ2v) is 3.65. The topological polar surface area (TPSA) is 34.2 Å². The third-order valence-electron chi connectivity index (χ3n) is 2.84. The summed E-state index contributed by atoms with van der Waals surface area (Å²) in [5.41, 5.74) is 3.40. The van der Waals surface area contributed by atoms with Crippen molar-refractivity contribution >= 4 is 16.6 Å². The second kappa shape index (κ2) is 3.12. The molecule has 2 aromatic rings. The van der Waals surface area contributed by atoms with Gasteiger partial charge in [-0.1, -0.05) is 0 Å². The van der Waals surface area contributed by atoms with Crippen molar-refractivity contribution < 1.29 is 4.74 Å². The first-order valence-electron chi connectivity index (χ1n) is 5.11. The highest BCUT2D eigenvalue weighted by Gasteiger charge is 2.15. The first-order valence-corrected chi connectivity index (χ1v) is 5.11. The standard InChI is InChI=1S/C12H12N2O/c1-13-9-2-3-10-11-8(5-7-15-10)4-6-14-12(9)11/h2-4,6,13H,5,7H2,1H3. The maximum atomic E-state index is 5.63. The van der Waals surface area contributed by atoms with Crippen LogP contribution in [-0.4, -0.2) is 18.6 Å². The molecule has 76 valence electrons. The van der Waals surface area contributed by atoms with Crippen LogP contribution in [0.2, 0.25) is 0 Å². The Morgan fingerprint density at radius 1 is 1.33 bits per heavy atom. The first kappa shape index (κ1) is 8.53. The van der Waals surface area contributed by atoms with Gasteiger partial charge >= 0.3 is 0 Å². The van der Waals surface area contributed by atoms with Gasteiger partial charge in [-0.25, -0.2) is 0 Å². The van der Waals surface area contributed by atoms with E-state index in [4.69, 9.17) is 4.74 Å². The Morgan fingerprint density at radius 2 is 2.27 bits per heavy atom. The zero-order chi connectivity index (χ0) is 10.3. The zero-order valence-corrected chi connectivity index (χ0v) is 8.58. The van der Waals surface area contributed by atoms with E-state index in [1.54, 1.807) is 0 Å². The van der Waals surface area contributed by atoms with Crippen LogP contribution in [0.5, 0.6) is 5.75 Å². The molecule has 0 unspecified atom stereocenters. The van der Waals surface area contributed by atoms with Crippen LogP contribution in [0.15, 0.2) is 24.4 Å². The molecule has 0 radical (unpaired) electrons. The highest BCUT2D eigenvalue weighted by molar-refractivity contribution is 5.97. The monoisotopic (exact) mass is 200 g/mol. The number of anilines is 1. The Hall–Kier alpha value is -1.77. The van der Waals surface area contributed by atoms with Gasteiger partial charge in [0.25, 0.3) is 0 Å². The van der Waals surface area contributed by atoms with Gasteiger partial charge in [0.2, 0.25) is 0 Å². The number of rotatable bonds is 1. The predicted octanol–water partition coefficient (Wildman–Crippen LogP) is 2.21. The predicted molar refractivity (Wildman–Crippen MR) is 60.5 cm³/mol. The average Bonchev–Trinajstić information content (AvgIpc) is 2.30. The summed E-state index contributed by atoms with van der Waals surface area (Å²) >= 11 is 0. The van der Waals surface area contributed by atoms with E-state index >= 15 is 0 Å². The van der Waals surface area contributed by atoms with Gasteiger partial charge in [0, 0.05) is 25.1 Å². The highest BCUT2D eigenvalue weighted by atomic mass is 16.5. The van der Waals surface area contributed by atoms with Crippen LogP contribution in [-0.2, 0) is 6.42 Å². The molecule has 0 aliphatic carbocycles. The van der Waals surface area contributed by atoms with Gasteiger partial charge in [-0.05, 0) is 23.8 Å². The fourth-order valence-electron chi connectivity index (χ4n) is 2.10. The second-order valence-electron chi connectivity index (χ2n) is 3.65. The van der Waals surface area contributed by atoms with Crippen molar-refractivity contribution in [1.82, 2.24) is 4.98 Å². The zero-order valence-electron chi connectivity index (χ0n) is 8.58. The van der Waals surface area contributed by atoms with E-state index < -0.39 is 0 Å². The van der Waals surface area contributed by atoms with E-state index in [-0.39, 0.29) is 0 Å². The molecule has 1 aromatic heterocycles. The van der Waals surface area contributed by atoms with E-state index in [2.05, 4.69) is 16.4 Å². The van der Waals surface area contributed by atoms with Crippen molar-refractivity contribution in [3.8, 4) is 5.75 Å². The molecule has 1 N–H and O–H groups in total. The molecule has 0 bridgehead atoms. The maximum absolute atomic E-state index is 5.63. The molecule has 15 heavy (non-hydrogen) atoms. The molecule has 1 aliphatic heterocycles. The summed E-state index contributed by atoms with van der Waals surface area (Å²) < 4.78 is 5.63. The number of aromatic nitrogens is 1. The van der Waals surface area contributed by atoms with E-state index in [1.807, 2.05) is 25.4 Å². The van der Waals surface area contributed by atoms with Gasteiger partial charge in [-0.15, -0.1) is 0 Å². The Kier molecular flexibility index (Phi) is 1.78. The molecule has 1 aromatic carbocycles. The molecule has 3 rings (SSSR count). The van der Waals surface area contributed by atoms with E-state index in [9.17, 15) is 0 Å². The van der Waals surface area contributed by atoms with Gasteiger partial charge in [0.15, 0.2) is 0 Å². The number of nitrogens with one attached hydrogen (secondary N) is 1. The van der Waals surface area contributed by atoms with Crippen molar-refractivity contribution in [2.24, 2.45) is 0 Å². The van der Waals surface area contributed by atoms with Crippen LogP contribution in [0.3, 0.4) is 0 Å². The van der Waals surface area contributed by atoms with Crippen LogP contribution in [0.4, 0.5) is 5.69 Å². The SMILES string of the molecule is CNc1ccc2c3c(ccnc13)CCO2. The lowest BCUT2D eigenvalue weighted by molar-refractivity contribution is 0.318. The van der Waals surface area contributed by atoms with E-state index in [1.165, 1.54) is 5.56 Å². The summed E-state index contributed by atoms with van der Waals surface area (Å²) in [4.78, 5) is 4.41. The summed E-state index contributed by atoms with van der Waals surface area (Å²) in [7, 11) is 1.91. The normalized spacial score (nSPS) is 13.7. The molecule has 0 fully saturated rings. The molecule has 0 saturated carbocycles. The highest BCUT2D eigenvalue weighted by Crippen LogP contribution is 2.35. The number of ether oxygens (including phenoxy) is 1. The van der Waals surface area contributed by atoms with Crippen LogP contribution in [0.1, 0.15) is 5.56 Å². The van der Waals surface area contributed by atoms with Gasteiger partial charge < -0.3 is 10.1 Å². The minimum absolute atomic E-state index is 0.769. The largest absolute Gasteiger partial charge is 0.493 e. The van der Waals surface area contributed by atoms with Crippen LogP contribution >= 0.6 is 0 Å². The van der Waals surface area contributed by atoms with Crippen molar-refractivity contribution in [3.63, 3.8) is 0 Å². The molecule has 3 heteroatoms. The van der Waals surface area contributed by atoms with Crippen molar-refractivity contribution in [2.45, 2.75) is 6.42 Å².